The number of hydrogen-bond donors (Lipinski definition) is 2. The van der Waals surface area contributed by atoms with E-state index in [0.29, 0.717) is 13.0 Å². The van der Waals surface area contributed by atoms with Crippen LogP contribution in [-0.4, -0.2) is 60.3 Å². The fourth-order valence-corrected chi connectivity index (χ4v) is 3.32. The largest absolute Gasteiger partial charge is 0.465 e. The zero-order valence-corrected chi connectivity index (χ0v) is 18.7. The average Bonchev–Trinajstić information content (AvgIpc) is 3.18. The van der Waals surface area contributed by atoms with E-state index in [9.17, 15) is 14.4 Å². The molecule has 1 aromatic carbocycles. The molecule has 2 amide bonds. The molecule has 0 aromatic heterocycles. The number of nitrogens with zero attached hydrogens (tertiary/aromatic N) is 1. The molecule has 2 rings (SSSR count). The molecule has 172 valence electrons. The van der Waals surface area contributed by atoms with Crippen LogP contribution in [0, 0.1) is 0 Å². The van der Waals surface area contributed by atoms with E-state index < -0.39 is 29.7 Å². The van der Waals surface area contributed by atoms with Crippen LogP contribution >= 0.6 is 0 Å². The van der Waals surface area contributed by atoms with Gasteiger partial charge in [0.15, 0.2) is 0 Å². The van der Waals surface area contributed by atoms with Crippen molar-refractivity contribution in [2.24, 2.45) is 0 Å². The van der Waals surface area contributed by atoms with Crippen molar-refractivity contribution in [3.8, 4) is 0 Å². The van der Waals surface area contributed by atoms with Crippen molar-refractivity contribution < 1.29 is 28.7 Å². The lowest BCUT2D eigenvalue weighted by molar-refractivity contribution is -0.154. The second-order valence-electron chi connectivity index (χ2n) is 8.27. The quantitative estimate of drug-likeness (QED) is 0.452. The highest BCUT2D eigenvalue weighted by Crippen LogP contribution is 2.21. The van der Waals surface area contributed by atoms with Crippen LogP contribution in [0.2, 0.25) is 0 Å². The van der Waals surface area contributed by atoms with Gasteiger partial charge < -0.3 is 19.7 Å². The number of ether oxygens (including phenoxy) is 2. The van der Waals surface area contributed by atoms with Gasteiger partial charge in [-0.2, -0.15) is 5.48 Å². The summed E-state index contributed by atoms with van der Waals surface area (Å²) in [5, 5.41) is 2.47. The van der Waals surface area contributed by atoms with E-state index in [2.05, 4.69) is 10.8 Å². The summed E-state index contributed by atoms with van der Waals surface area (Å²) in [7, 11) is 0. The molecule has 1 aromatic rings. The Morgan fingerprint density at radius 3 is 2.55 bits per heavy atom. The third-order valence-electron chi connectivity index (χ3n) is 4.62. The Labute approximate surface area is 183 Å². The van der Waals surface area contributed by atoms with Gasteiger partial charge in [0.25, 0.3) is 0 Å². The Morgan fingerprint density at radius 1 is 1.19 bits per heavy atom. The SMILES string of the molecule is CCOC(=O)C(NOCc1ccccc1)C1CCCN1C(=O)CNC(=O)OC(C)(C)C. The van der Waals surface area contributed by atoms with Gasteiger partial charge in [0.2, 0.25) is 5.91 Å². The van der Waals surface area contributed by atoms with Crippen molar-refractivity contribution in [2.75, 3.05) is 19.7 Å². The van der Waals surface area contributed by atoms with Gasteiger partial charge in [0.05, 0.1) is 19.3 Å². The zero-order valence-electron chi connectivity index (χ0n) is 18.7. The Bertz CT molecular complexity index is 735. The smallest absolute Gasteiger partial charge is 0.408 e. The molecule has 9 nitrogen and oxygen atoms in total. The van der Waals surface area contributed by atoms with Crippen LogP contribution in [0.15, 0.2) is 30.3 Å². The Balaban J connectivity index is 1.98. The number of amides is 2. The molecule has 0 bridgehead atoms. The monoisotopic (exact) mass is 435 g/mol. The first-order valence-electron chi connectivity index (χ1n) is 10.6. The van der Waals surface area contributed by atoms with E-state index in [-0.39, 0.29) is 25.7 Å². The van der Waals surface area contributed by atoms with E-state index in [1.165, 1.54) is 0 Å². The predicted octanol–water partition coefficient (Wildman–Crippen LogP) is 2.16. The van der Waals surface area contributed by atoms with Crippen LogP contribution < -0.4 is 10.8 Å². The topological polar surface area (TPSA) is 106 Å². The second kappa shape index (κ2) is 11.7. The first kappa shape index (κ1) is 24.6. The lowest BCUT2D eigenvalue weighted by atomic mass is 10.1. The number of alkyl carbamates (subject to hydrolysis) is 1. The fourth-order valence-electron chi connectivity index (χ4n) is 3.32. The Morgan fingerprint density at radius 2 is 1.90 bits per heavy atom. The molecule has 31 heavy (non-hydrogen) atoms. The Hall–Kier alpha value is -2.65. The van der Waals surface area contributed by atoms with Crippen LogP contribution in [0.5, 0.6) is 0 Å². The molecule has 2 N–H and O–H groups in total. The molecule has 0 radical (unpaired) electrons. The molecular weight excluding hydrogens is 402 g/mol. The summed E-state index contributed by atoms with van der Waals surface area (Å²) in [5.74, 6) is -0.784. The number of carbonyl (C=O) groups excluding carboxylic acids is 3. The first-order valence-corrected chi connectivity index (χ1v) is 10.6. The number of carbonyl (C=O) groups is 3. The molecule has 0 saturated carbocycles. The highest BCUT2D eigenvalue weighted by atomic mass is 16.6. The van der Waals surface area contributed by atoms with Gasteiger partial charge in [-0.05, 0) is 46.1 Å². The maximum Gasteiger partial charge on any atom is 0.408 e. The van der Waals surface area contributed by atoms with Crippen molar-refractivity contribution >= 4 is 18.0 Å². The van der Waals surface area contributed by atoms with Gasteiger partial charge in [-0.15, -0.1) is 0 Å². The maximum atomic E-state index is 12.7. The number of likely N-dealkylation sites (tertiary alicyclic amines) is 1. The van der Waals surface area contributed by atoms with Crippen molar-refractivity contribution in [1.82, 2.24) is 15.7 Å². The van der Waals surface area contributed by atoms with Gasteiger partial charge in [0, 0.05) is 6.54 Å². The second-order valence-corrected chi connectivity index (χ2v) is 8.27. The summed E-state index contributed by atoms with van der Waals surface area (Å²) in [6, 6.07) is 8.25. The normalized spacial score (nSPS) is 17.2. The molecule has 0 aliphatic carbocycles. The van der Waals surface area contributed by atoms with Crippen molar-refractivity contribution in [3.63, 3.8) is 0 Å². The van der Waals surface area contributed by atoms with Crippen LogP contribution in [0.3, 0.4) is 0 Å². The Kier molecular flexibility index (Phi) is 9.26. The highest BCUT2D eigenvalue weighted by molar-refractivity contribution is 5.84. The summed E-state index contributed by atoms with van der Waals surface area (Å²) in [5.41, 5.74) is 3.08. The molecule has 1 aliphatic heterocycles. The number of hydroxylamine groups is 1. The molecule has 2 unspecified atom stereocenters. The van der Waals surface area contributed by atoms with Gasteiger partial charge in [-0.3, -0.25) is 14.4 Å². The lowest BCUT2D eigenvalue weighted by Gasteiger charge is -2.31. The minimum atomic E-state index is -0.836. The van der Waals surface area contributed by atoms with Crippen molar-refractivity contribution in [2.45, 2.75) is 64.8 Å². The van der Waals surface area contributed by atoms with E-state index in [1.807, 2.05) is 30.3 Å². The summed E-state index contributed by atoms with van der Waals surface area (Å²) in [4.78, 5) is 44.3. The van der Waals surface area contributed by atoms with E-state index in [1.54, 1.807) is 32.6 Å². The molecule has 9 heteroatoms. The molecule has 1 aliphatic rings. The molecular formula is C22H33N3O6. The van der Waals surface area contributed by atoms with Crippen LogP contribution in [-0.2, 0) is 30.5 Å². The third-order valence-corrected chi connectivity index (χ3v) is 4.62. The fraction of sp³-hybridized carbons (Fsp3) is 0.591. The van der Waals surface area contributed by atoms with Crippen molar-refractivity contribution in [3.05, 3.63) is 35.9 Å². The molecule has 0 spiro atoms. The number of esters is 1. The number of rotatable bonds is 9. The molecule has 1 fully saturated rings. The van der Waals surface area contributed by atoms with Gasteiger partial charge in [-0.1, -0.05) is 30.3 Å². The van der Waals surface area contributed by atoms with Gasteiger partial charge in [-0.25, -0.2) is 4.79 Å². The van der Waals surface area contributed by atoms with Crippen LogP contribution in [0.4, 0.5) is 4.79 Å². The standard InChI is InChI=1S/C22H33N3O6/c1-5-29-20(27)19(24-30-15-16-10-7-6-8-11-16)17-12-9-13-25(17)18(26)14-23-21(28)31-22(2,3)4/h6-8,10-11,17,19,24H,5,9,12-15H2,1-4H3,(H,23,28). The van der Waals surface area contributed by atoms with E-state index in [0.717, 1.165) is 12.0 Å². The van der Waals surface area contributed by atoms with Gasteiger partial charge in [0.1, 0.15) is 18.2 Å². The lowest BCUT2D eigenvalue weighted by Crippen LogP contribution is -2.55. The zero-order chi connectivity index (χ0) is 22.9. The molecule has 1 saturated heterocycles. The summed E-state index contributed by atoms with van der Waals surface area (Å²) in [6.45, 7) is 7.71. The molecule has 2 atom stereocenters. The molecule has 1 heterocycles. The summed E-state index contributed by atoms with van der Waals surface area (Å²) in [6.07, 6.45) is 0.686. The van der Waals surface area contributed by atoms with Crippen LogP contribution in [0.1, 0.15) is 46.1 Å². The first-order chi connectivity index (χ1) is 14.7. The predicted molar refractivity (Wildman–Crippen MR) is 114 cm³/mol. The highest BCUT2D eigenvalue weighted by Gasteiger charge is 2.39. The number of hydrogen-bond acceptors (Lipinski definition) is 7. The third kappa shape index (κ3) is 8.18. The summed E-state index contributed by atoms with van der Waals surface area (Å²) < 4.78 is 10.4. The van der Waals surface area contributed by atoms with E-state index in [4.69, 9.17) is 14.3 Å². The van der Waals surface area contributed by atoms with E-state index >= 15 is 0 Å². The summed E-state index contributed by atoms with van der Waals surface area (Å²) >= 11 is 0. The maximum absolute atomic E-state index is 12.7. The van der Waals surface area contributed by atoms with Gasteiger partial charge >= 0.3 is 12.1 Å². The number of nitrogens with one attached hydrogen (secondary N) is 2. The van der Waals surface area contributed by atoms with Crippen LogP contribution in [0.25, 0.3) is 0 Å². The number of benzene rings is 1. The minimum absolute atomic E-state index is 0.216. The van der Waals surface area contributed by atoms with Crippen molar-refractivity contribution in [1.29, 1.82) is 0 Å². The minimum Gasteiger partial charge on any atom is -0.465 e. The average molecular weight is 436 g/mol.